The number of benzene rings is 1. The lowest BCUT2D eigenvalue weighted by molar-refractivity contribution is -0.129. The number of hydrogen-bond donors (Lipinski definition) is 1. The molecule has 0 spiro atoms. The second-order valence-corrected chi connectivity index (χ2v) is 8.01. The van der Waals surface area contributed by atoms with Gasteiger partial charge in [0.1, 0.15) is 30.0 Å². The number of ether oxygens (including phenoxy) is 1. The zero-order valence-corrected chi connectivity index (χ0v) is 17.4. The highest BCUT2D eigenvalue weighted by Crippen LogP contribution is 2.44. The van der Waals surface area contributed by atoms with Gasteiger partial charge in [-0.1, -0.05) is 6.07 Å². The second kappa shape index (κ2) is 8.18. The van der Waals surface area contributed by atoms with E-state index in [1.54, 1.807) is 30.3 Å². The Morgan fingerprint density at radius 1 is 1.22 bits per heavy atom. The molecular formula is C22H22F2N6O2. The summed E-state index contributed by atoms with van der Waals surface area (Å²) in [4.78, 5) is 28.7. The van der Waals surface area contributed by atoms with Crippen LogP contribution in [0.2, 0.25) is 0 Å². The van der Waals surface area contributed by atoms with Gasteiger partial charge in [0.2, 0.25) is 11.9 Å². The number of hydrogen-bond acceptors (Lipinski definition) is 7. The van der Waals surface area contributed by atoms with Gasteiger partial charge in [-0.25, -0.2) is 23.7 Å². The maximum absolute atomic E-state index is 14.6. The van der Waals surface area contributed by atoms with Gasteiger partial charge in [0.15, 0.2) is 0 Å². The van der Waals surface area contributed by atoms with Gasteiger partial charge >= 0.3 is 0 Å². The van der Waals surface area contributed by atoms with E-state index >= 15 is 0 Å². The zero-order valence-electron chi connectivity index (χ0n) is 17.4. The molecule has 3 aliphatic heterocycles. The highest BCUT2D eigenvalue weighted by molar-refractivity contribution is 5.80. The van der Waals surface area contributed by atoms with Crippen molar-refractivity contribution in [1.82, 2.24) is 19.8 Å². The Kier molecular flexibility index (Phi) is 5.20. The molecule has 0 saturated carbocycles. The van der Waals surface area contributed by atoms with Crippen LogP contribution < -0.4 is 5.32 Å². The van der Waals surface area contributed by atoms with Crippen LogP contribution in [0.5, 0.6) is 0 Å². The van der Waals surface area contributed by atoms with E-state index in [0.717, 1.165) is 18.9 Å². The van der Waals surface area contributed by atoms with E-state index in [4.69, 9.17) is 4.74 Å². The number of piperidine rings is 1. The first kappa shape index (κ1) is 20.3. The van der Waals surface area contributed by atoms with Crippen molar-refractivity contribution in [1.29, 1.82) is 0 Å². The van der Waals surface area contributed by atoms with E-state index in [1.807, 2.05) is 4.90 Å². The third kappa shape index (κ3) is 3.76. The van der Waals surface area contributed by atoms with Crippen LogP contribution in [0.25, 0.3) is 0 Å². The molecule has 1 N–H and O–H groups in total. The van der Waals surface area contributed by atoms with Gasteiger partial charge in [-0.05, 0) is 25.0 Å². The standard InChI is InChI=1S/C22H22F2N6O2/c1-13(31)29-8-5-15(6-9-29)26-21-25-7-4-18(27-21)20-19(28-22-30(20)10-11-32-22)16-3-2-14(23)12-17(16)24/h2-4,7,10-12,15,19-20H,5-6,8-9H2,1H3,(H,25,26,27). The summed E-state index contributed by atoms with van der Waals surface area (Å²) in [7, 11) is 0. The van der Waals surface area contributed by atoms with Gasteiger partial charge < -0.3 is 15.0 Å². The minimum Gasteiger partial charge on any atom is -0.432 e. The van der Waals surface area contributed by atoms with Gasteiger partial charge in [-0.15, -0.1) is 0 Å². The average Bonchev–Trinajstić information content (AvgIpc) is 3.35. The van der Waals surface area contributed by atoms with E-state index in [2.05, 4.69) is 20.3 Å². The summed E-state index contributed by atoms with van der Waals surface area (Å²) in [5.74, 6) is -0.771. The number of nitrogens with zero attached hydrogens (tertiary/aromatic N) is 5. The Hall–Kier alpha value is -3.56. The second-order valence-electron chi connectivity index (χ2n) is 8.01. The molecule has 10 heteroatoms. The molecule has 0 radical (unpaired) electrons. The highest BCUT2D eigenvalue weighted by Gasteiger charge is 2.42. The third-order valence-electron chi connectivity index (χ3n) is 6.00. The summed E-state index contributed by atoms with van der Waals surface area (Å²) < 4.78 is 33.5. The van der Waals surface area contributed by atoms with E-state index < -0.39 is 23.7 Å². The number of carbonyl (C=O) groups is 1. The van der Waals surface area contributed by atoms with Crippen LogP contribution in [0.3, 0.4) is 0 Å². The van der Waals surface area contributed by atoms with E-state index in [0.29, 0.717) is 30.8 Å². The molecule has 3 aliphatic rings. The maximum Gasteiger partial charge on any atom is 0.298 e. The molecule has 4 heterocycles. The number of halogens is 2. The van der Waals surface area contributed by atoms with Crippen LogP contribution in [-0.4, -0.2) is 50.8 Å². The lowest BCUT2D eigenvalue weighted by Gasteiger charge is -2.31. The molecule has 0 aliphatic carbocycles. The summed E-state index contributed by atoms with van der Waals surface area (Å²) in [6.07, 6.45) is 6.47. The molecule has 2 unspecified atom stereocenters. The molecule has 5 rings (SSSR count). The lowest BCUT2D eigenvalue weighted by atomic mass is 9.97. The summed E-state index contributed by atoms with van der Waals surface area (Å²) in [6, 6.07) is 4.60. The Labute approximate surface area is 183 Å². The minimum absolute atomic E-state index is 0.0821. The van der Waals surface area contributed by atoms with Crippen molar-refractivity contribution in [2.45, 2.75) is 37.9 Å². The first-order chi connectivity index (χ1) is 15.5. The molecule has 0 bridgehead atoms. The summed E-state index contributed by atoms with van der Waals surface area (Å²) in [5.41, 5.74) is 0.895. The summed E-state index contributed by atoms with van der Waals surface area (Å²) in [5, 5.41) is 3.35. The molecule has 1 saturated heterocycles. The molecule has 1 fully saturated rings. The highest BCUT2D eigenvalue weighted by atomic mass is 19.1. The molecule has 1 amide bonds. The number of nitrogens with one attached hydrogen (secondary N) is 1. The summed E-state index contributed by atoms with van der Waals surface area (Å²) >= 11 is 0. The van der Waals surface area contributed by atoms with Crippen molar-refractivity contribution < 1.29 is 18.3 Å². The van der Waals surface area contributed by atoms with E-state index in [-0.39, 0.29) is 17.5 Å². The number of amides is 1. The number of amidine groups is 1. The van der Waals surface area contributed by atoms with Crippen LogP contribution in [0.15, 0.2) is 47.9 Å². The van der Waals surface area contributed by atoms with Crippen molar-refractivity contribution in [2.24, 2.45) is 4.99 Å². The largest absolute Gasteiger partial charge is 0.432 e. The molecule has 2 atom stereocenters. The Morgan fingerprint density at radius 3 is 2.78 bits per heavy atom. The topological polar surface area (TPSA) is 83.0 Å². The molecule has 2 aromatic rings. The quantitative estimate of drug-likeness (QED) is 0.787. The molecule has 1 aromatic heterocycles. The lowest BCUT2D eigenvalue weighted by Crippen LogP contribution is -2.41. The molecular weight excluding hydrogens is 418 g/mol. The van der Waals surface area contributed by atoms with Crippen LogP contribution in [-0.2, 0) is 9.53 Å². The molecule has 1 aromatic carbocycles. The van der Waals surface area contributed by atoms with Crippen molar-refractivity contribution in [3.63, 3.8) is 0 Å². The Bertz CT molecular complexity index is 1100. The van der Waals surface area contributed by atoms with Crippen LogP contribution in [0.4, 0.5) is 14.7 Å². The number of rotatable bonds is 4. The fourth-order valence-electron chi connectivity index (χ4n) is 4.35. The van der Waals surface area contributed by atoms with Gasteiger partial charge in [0.25, 0.3) is 6.02 Å². The number of carbonyl (C=O) groups excluding carboxylic acids is 1. The Morgan fingerprint density at radius 2 is 2.03 bits per heavy atom. The van der Waals surface area contributed by atoms with Crippen molar-refractivity contribution in [2.75, 3.05) is 18.4 Å². The monoisotopic (exact) mass is 440 g/mol. The van der Waals surface area contributed by atoms with Crippen LogP contribution >= 0.6 is 0 Å². The third-order valence-corrected chi connectivity index (χ3v) is 6.00. The van der Waals surface area contributed by atoms with Gasteiger partial charge in [-0.3, -0.25) is 9.69 Å². The van der Waals surface area contributed by atoms with Crippen molar-refractivity contribution in [3.8, 4) is 0 Å². The Balaban J connectivity index is 1.39. The predicted molar refractivity (Wildman–Crippen MR) is 112 cm³/mol. The number of aromatic nitrogens is 2. The first-order valence-corrected chi connectivity index (χ1v) is 10.5. The van der Waals surface area contributed by atoms with Crippen molar-refractivity contribution >= 4 is 17.9 Å². The SMILES string of the molecule is CC(=O)N1CCC(Nc2nccc(C3C(c4ccc(F)cc4F)N=C4OC=CN43)n2)CC1. The van der Waals surface area contributed by atoms with E-state index in [1.165, 1.54) is 18.4 Å². The smallest absolute Gasteiger partial charge is 0.298 e. The normalized spacial score (nSPS) is 22.5. The zero-order chi connectivity index (χ0) is 22.2. The minimum atomic E-state index is -0.667. The average molecular weight is 440 g/mol. The van der Waals surface area contributed by atoms with Crippen LogP contribution in [0.1, 0.15) is 43.1 Å². The van der Waals surface area contributed by atoms with Crippen LogP contribution in [0, 0.1) is 11.6 Å². The van der Waals surface area contributed by atoms with Crippen molar-refractivity contribution in [3.05, 3.63) is 65.8 Å². The van der Waals surface area contributed by atoms with Gasteiger partial charge in [0, 0.05) is 50.1 Å². The van der Waals surface area contributed by atoms with Gasteiger partial charge in [-0.2, -0.15) is 0 Å². The maximum atomic E-state index is 14.6. The van der Waals surface area contributed by atoms with E-state index in [9.17, 15) is 13.6 Å². The predicted octanol–water partition coefficient (Wildman–Crippen LogP) is 3.13. The first-order valence-electron chi connectivity index (χ1n) is 10.5. The number of anilines is 1. The van der Waals surface area contributed by atoms with Gasteiger partial charge in [0.05, 0.1) is 5.69 Å². The molecule has 166 valence electrons. The number of likely N-dealkylation sites (tertiary alicyclic amines) is 1. The fourth-order valence-corrected chi connectivity index (χ4v) is 4.35. The molecule has 8 nitrogen and oxygen atoms in total. The molecule has 32 heavy (non-hydrogen) atoms. The number of fused-ring (bicyclic) bond motifs is 1. The summed E-state index contributed by atoms with van der Waals surface area (Å²) in [6.45, 7) is 2.96. The number of aliphatic imine (C=N–C) groups is 1. The fraction of sp³-hybridized carbons (Fsp3) is 0.364.